The minimum absolute atomic E-state index is 0.681. The molecule has 0 fully saturated rings. The number of benzene rings is 1. The van der Waals surface area contributed by atoms with Gasteiger partial charge in [0.1, 0.15) is 0 Å². The molecule has 2 aromatic rings. The third-order valence-corrected chi connectivity index (χ3v) is 4.23. The number of halogens is 1. The summed E-state index contributed by atoms with van der Waals surface area (Å²) in [7, 11) is 1.93. The second kappa shape index (κ2) is 6.35. The Morgan fingerprint density at radius 1 is 1.32 bits per heavy atom. The summed E-state index contributed by atoms with van der Waals surface area (Å²) < 4.78 is 1.85. The van der Waals surface area contributed by atoms with Crippen LogP contribution < -0.4 is 5.32 Å². The lowest BCUT2D eigenvalue weighted by Gasteiger charge is -2.08. The number of nitrogens with zero attached hydrogens (tertiary/aromatic N) is 2. The Morgan fingerprint density at radius 2 is 2.00 bits per heavy atom. The highest BCUT2D eigenvalue weighted by Gasteiger charge is 2.12. The van der Waals surface area contributed by atoms with Crippen molar-refractivity contribution in [2.24, 2.45) is 7.05 Å². The van der Waals surface area contributed by atoms with Crippen molar-refractivity contribution in [2.45, 2.75) is 24.8 Å². The largest absolute Gasteiger partial charge is 0.379 e. The molecule has 1 aromatic carbocycles. The van der Waals surface area contributed by atoms with Crippen molar-refractivity contribution in [1.82, 2.24) is 9.78 Å². The molecule has 19 heavy (non-hydrogen) atoms. The topological polar surface area (TPSA) is 29.9 Å². The van der Waals surface area contributed by atoms with Gasteiger partial charge in [0.05, 0.1) is 23.0 Å². The fourth-order valence-electron chi connectivity index (χ4n) is 1.91. The van der Waals surface area contributed by atoms with Gasteiger partial charge in [-0.25, -0.2) is 0 Å². The molecule has 0 saturated heterocycles. The predicted molar refractivity (Wildman–Crippen MR) is 83.1 cm³/mol. The average molecular weight is 296 g/mol. The summed E-state index contributed by atoms with van der Waals surface area (Å²) in [5.41, 5.74) is 3.07. The fraction of sp³-hybridized carbons (Fsp3) is 0.357. The molecule has 0 unspecified atom stereocenters. The van der Waals surface area contributed by atoms with Crippen molar-refractivity contribution in [3.63, 3.8) is 0 Å². The molecule has 0 aliphatic rings. The number of rotatable bonds is 5. The van der Waals surface area contributed by atoms with Gasteiger partial charge in [-0.3, -0.25) is 4.68 Å². The SMILES string of the molecule is CCc1nn(C)c(CNc2ccc(SC)cc2)c1Cl. The predicted octanol–water partition coefficient (Wildman–Crippen LogP) is 3.97. The second-order valence-corrected chi connectivity index (χ2v) is 5.52. The van der Waals surface area contributed by atoms with Gasteiger partial charge in [-0.2, -0.15) is 5.10 Å². The van der Waals surface area contributed by atoms with Crippen LogP contribution in [0.1, 0.15) is 18.3 Å². The van der Waals surface area contributed by atoms with Crippen LogP contribution in [-0.4, -0.2) is 16.0 Å². The Bertz CT molecular complexity index is 549. The molecule has 2 rings (SSSR count). The molecule has 5 heteroatoms. The average Bonchev–Trinajstić information content (AvgIpc) is 2.72. The van der Waals surface area contributed by atoms with Crippen LogP contribution in [0, 0.1) is 0 Å². The van der Waals surface area contributed by atoms with E-state index in [1.54, 1.807) is 11.8 Å². The molecule has 1 N–H and O–H groups in total. The van der Waals surface area contributed by atoms with E-state index in [2.05, 4.69) is 47.9 Å². The lowest BCUT2D eigenvalue weighted by Crippen LogP contribution is -2.05. The van der Waals surface area contributed by atoms with Crippen molar-refractivity contribution >= 4 is 29.1 Å². The molecule has 3 nitrogen and oxygen atoms in total. The van der Waals surface area contributed by atoms with E-state index in [4.69, 9.17) is 11.6 Å². The van der Waals surface area contributed by atoms with E-state index in [0.717, 1.165) is 28.5 Å². The van der Waals surface area contributed by atoms with Crippen molar-refractivity contribution in [2.75, 3.05) is 11.6 Å². The van der Waals surface area contributed by atoms with Crippen molar-refractivity contribution in [3.8, 4) is 0 Å². The second-order valence-electron chi connectivity index (χ2n) is 4.27. The van der Waals surface area contributed by atoms with Gasteiger partial charge < -0.3 is 5.32 Å². The highest BCUT2D eigenvalue weighted by molar-refractivity contribution is 7.98. The summed E-state index contributed by atoms with van der Waals surface area (Å²) in [6, 6.07) is 8.37. The van der Waals surface area contributed by atoms with Gasteiger partial charge in [-0.05, 0) is 36.9 Å². The smallest absolute Gasteiger partial charge is 0.0868 e. The summed E-state index contributed by atoms with van der Waals surface area (Å²) in [5.74, 6) is 0. The van der Waals surface area contributed by atoms with Gasteiger partial charge in [0.15, 0.2) is 0 Å². The van der Waals surface area contributed by atoms with E-state index in [1.807, 2.05) is 11.7 Å². The lowest BCUT2D eigenvalue weighted by atomic mass is 10.3. The van der Waals surface area contributed by atoms with Crippen molar-refractivity contribution in [1.29, 1.82) is 0 Å². The number of thioether (sulfide) groups is 1. The third-order valence-electron chi connectivity index (χ3n) is 3.05. The summed E-state index contributed by atoms with van der Waals surface area (Å²) >= 11 is 8.06. The summed E-state index contributed by atoms with van der Waals surface area (Å²) in [6.07, 6.45) is 2.93. The zero-order valence-electron chi connectivity index (χ0n) is 11.4. The molecular formula is C14H18ClN3S. The first-order valence-corrected chi connectivity index (χ1v) is 7.84. The fourth-order valence-corrected chi connectivity index (χ4v) is 2.68. The van der Waals surface area contributed by atoms with Crippen molar-refractivity contribution in [3.05, 3.63) is 40.7 Å². The summed E-state index contributed by atoms with van der Waals surface area (Å²) in [5, 5.41) is 8.56. The van der Waals surface area contributed by atoms with Crippen LogP contribution in [0.5, 0.6) is 0 Å². The van der Waals surface area contributed by atoms with Crippen LogP contribution in [0.2, 0.25) is 5.02 Å². The van der Waals surface area contributed by atoms with Gasteiger partial charge in [-0.1, -0.05) is 18.5 Å². The monoisotopic (exact) mass is 295 g/mol. The van der Waals surface area contributed by atoms with E-state index in [-0.39, 0.29) is 0 Å². The molecule has 0 aliphatic heterocycles. The normalized spacial score (nSPS) is 10.7. The van der Waals surface area contributed by atoms with Crippen LogP contribution in [0.3, 0.4) is 0 Å². The Balaban J connectivity index is 2.07. The first kappa shape index (κ1) is 14.3. The minimum atomic E-state index is 0.681. The Morgan fingerprint density at radius 3 is 2.53 bits per heavy atom. The Labute approximate surface area is 123 Å². The molecule has 0 saturated carbocycles. The van der Waals surface area contributed by atoms with Crippen molar-refractivity contribution < 1.29 is 0 Å². The highest BCUT2D eigenvalue weighted by atomic mass is 35.5. The van der Waals surface area contributed by atoms with E-state index < -0.39 is 0 Å². The number of aromatic nitrogens is 2. The quantitative estimate of drug-likeness (QED) is 0.847. The molecule has 0 bridgehead atoms. The van der Waals surface area contributed by atoms with Crippen LogP contribution in [0.25, 0.3) is 0 Å². The number of aryl methyl sites for hydroxylation is 2. The lowest BCUT2D eigenvalue weighted by molar-refractivity contribution is 0.707. The first-order valence-electron chi connectivity index (χ1n) is 6.23. The van der Waals surface area contributed by atoms with E-state index >= 15 is 0 Å². The van der Waals surface area contributed by atoms with E-state index in [9.17, 15) is 0 Å². The van der Waals surface area contributed by atoms with Gasteiger partial charge >= 0.3 is 0 Å². The summed E-state index contributed by atoms with van der Waals surface area (Å²) in [6.45, 7) is 2.74. The molecule has 0 spiro atoms. The first-order chi connectivity index (χ1) is 9.15. The van der Waals surface area contributed by atoms with Gasteiger partial charge in [0, 0.05) is 17.6 Å². The number of hydrogen-bond donors (Lipinski definition) is 1. The maximum absolute atomic E-state index is 6.32. The maximum Gasteiger partial charge on any atom is 0.0868 e. The Hall–Kier alpha value is -1.13. The molecule has 102 valence electrons. The molecule has 1 heterocycles. The number of hydrogen-bond acceptors (Lipinski definition) is 3. The standard InChI is InChI=1S/C14H18ClN3S/c1-4-12-14(15)13(18(2)17-12)9-16-10-5-7-11(19-3)8-6-10/h5-8,16H,4,9H2,1-3H3. The third kappa shape index (κ3) is 3.25. The molecule has 0 amide bonds. The zero-order valence-corrected chi connectivity index (χ0v) is 13.0. The zero-order chi connectivity index (χ0) is 13.8. The molecule has 1 aromatic heterocycles. The van der Waals surface area contributed by atoms with Crippen LogP contribution in [-0.2, 0) is 20.0 Å². The maximum atomic E-state index is 6.32. The van der Waals surface area contributed by atoms with Crippen LogP contribution in [0.15, 0.2) is 29.2 Å². The van der Waals surface area contributed by atoms with Gasteiger partial charge in [-0.15, -0.1) is 11.8 Å². The van der Waals surface area contributed by atoms with Gasteiger partial charge in [0.25, 0.3) is 0 Å². The van der Waals surface area contributed by atoms with Gasteiger partial charge in [0.2, 0.25) is 0 Å². The summed E-state index contributed by atoms with van der Waals surface area (Å²) in [4.78, 5) is 1.26. The number of nitrogens with one attached hydrogen (secondary N) is 1. The number of anilines is 1. The molecule has 0 atom stereocenters. The molecular weight excluding hydrogens is 278 g/mol. The molecule has 0 aliphatic carbocycles. The van der Waals surface area contributed by atoms with E-state index in [1.165, 1.54) is 4.90 Å². The van der Waals surface area contributed by atoms with Crippen LogP contribution in [0.4, 0.5) is 5.69 Å². The molecule has 0 radical (unpaired) electrons. The minimum Gasteiger partial charge on any atom is -0.379 e. The Kier molecular flexibility index (Phi) is 4.77. The van der Waals surface area contributed by atoms with Crippen LogP contribution >= 0.6 is 23.4 Å². The highest BCUT2D eigenvalue weighted by Crippen LogP contribution is 2.22. The van der Waals surface area contributed by atoms with E-state index in [0.29, 0.717) is 6.54 Å².